The molecule has 1 aromatic carbocycles. The first-order chi connectivity index (χ1) is 14.0. The summed E-state index contributed by atoms with van der Waals surface area (Å²) in [5.41, 5.74) is 1.88. The number of carbonyl (C=O) groups is 2. The van der Waals surface area contributed by atoms with Crippen LogP contribution in [0.1, 0.15) is 24.5 Å². The fraction of sp³-hybridized carbons (Fsp3) is 0.400. The summed E-state index contributed by atoms with van der Waals surface area (Å²) >= 11 is 0. The highest BCUT2D eigenvalue weighted by molar-refractivity contribution is 5.99. The zero-order valence-electron chi connectivity index (χ0n) is 16.5. The van der Waals surface area contributed by atoms with Gasteiger partial charge in [-0.3, -0.25) is 19.4 Å². The second-order valence-electron chi connectivity index (χ2n) is 6.85. The number of ether oxygens (including phenoxy) is 1. The second-order valence-corrected chi connectivity index (χ2v) is 6.85. The summed E-state index contributed by atoms with van der Waals surface area (Å²) in [5, 5.41) is 8.36. The van der Waals surface area contributed by atoms with Crippen LogP contribution in [-0.2, 0) is 27.2 Å². The number of hydrogen-bond donors (Lipinski definition) is 4. The molecule has 9 nitrogen and oxygen atoms in total. The van der Waals surface area contributed by atoms with Crippen molar-refractivity contribution in [1.82, 2.24) is 9.97 Å². The minimum absolute atomic E-state index is 0.0198. The van der Waals surface area contributed by atoms with Gasteiger partial charge in [0.15, 0.2) is 0 Å². The molecule has 1 atom stereocenters. The molecule has 1 aliphatic rings. The third-order valence-corrected chi connectivity index (χ3v) is 4.75. The van der Waals surface area contributed by atoms with Gasteiger partial charge in [-0.1, -0.05) is 19.1 Å². The van der Waals surface area contributed by atoms with Crippen LogP contribution >= 0.6 is 0 Å². The van der Waals surface area contributed by atoms with E-state index < -0.39 is 5.92 Å². The lowest BCUT2D eigenvalue weighted by molar-refractivity contribution is -0.125. The number of carbonyl (C=O) groups excluding carboxylic acids is 2. The summed E-state index contributed by atoms with van der Waals surface area (Å²) in [6, 6.07) is 7.56. The van der Waals surface area contributed by atoms with E-state index in [2.05, 4.69) is 32.8 Å². The SMILES string of the molecule is CCc1ccc(NC(=O)CC2Cc3c(nc(NCCOC)[nH]c3=O)NC2=O)cc1. The molecule has 3 rings (SSSR count). The average Bonchev–Trinajstić information content (AvgIpc) is 2.70. The molecule has 29 heavy (non-hydrogen) atoms. The van der Waals surface area contributed by atoms with Gasteiger partial charge in [-0.05, 0) is 30.5 Å². The van der Waals surface area contributed by atoms with E-state index in [9.17, 15) is 14.4 Å². The predicted octanol–water partition coefficient (Wildman–Crippen LogP) is 1.53. The Morgan fingerprint density at radius 3 is 2.72 bits per heavy atom. The number of fused-ring (bicyclic) bond motifs is 1. The topological polar surface area (TPSA) is 125 Å². The van der Waals surface area contributed by atoms with E-state index in [1.54, 1.807) is 7.11 Å². The summed E-state index contributed by atoms with van der Waals surface area (Å²) < 4.78 is 4.94. The highest BCUT2D eigenvalue weighted by Crippen LogP contribution is 2.24. The first kappa shape index (κ1) is 20.5. The van der Waals surface area contributed by atoms with Crippen LogP contribution in [-0.4, -0.2) is 42.0 Å². The van der Waals surface area contributed by atoms with E-state index >= 15 is 0 Å². The zero-order valence-corrected chi connectivity index (χ0v) is 16.5. The second kappa shape index (κ2) is 9.33. The van der Waals surface area contributed by atoms with Crippen molar-refractivity contribution in [2.45, 2.75) is 26.2 Å². The van der Waals surface area contributed by atoms with Crippen LogP contribution in [0.2, 0.25) is 0 Å². The first-order valence-electron chi connectivity index (χ1n) is 9.55. The average molecular weight is 399 g/mol. The molecule has 0 bridgehead atoms. The number of rotatable bonds is 8. The van der Waals surface area contributed by atoms with E-state index in [0.29, 0.717) is 24.4 Å². The fourth-order valence-corrected chi connectivity index (χ4v) is 3.13. The number of nitrogens with one attached hydrogen (secondary N) is 4. The first-order valence-corrected chi connectivity index (χ1v) is 9.55. The van der Waals surface area contributed by atoms with Crippen LogP contribution in [0.5, 0.6) is 0 Å². The van der Waals surface area contributed by atoms with Gasteiger partial charge in [-0.25, -0.2) is 0 Å². The lowest BCUT2D eigenvalue weighted by Gasteiger charge is -2.23. The van der Waals surface area contributed by atoms with Crippen LogP contribution in [0.25, 0.3) is 0 Å². The molecular formula is C20H25N5O4. The van der Waals surface area contributed by atoms with Crippen molar-refractivity contribution in [3.05, 3.63) is 45.7 Å². The molecule has 2 heterocycles. The van der Waals surface area contributed by atoms with Gasteiger partial charge in [0.2, 0.25) is 17.8 Å². The number of amides is 2. The van der Waals surface area contributed by atoms with Crippen molar-refractivity contribution in [1.29, 1.82) is 0 Å². The molecular weight excluding hydrogens is 374 g/mol. The summed E-state index contributed by atoms with van der Waals surface area (Å²) in [4.78, 5) is 44.1. The van der Waals surface area contributed by atoms with Crippen molar-refractivity contribution < 1.29 is 14.3 Å². The molecule has 2 aromatic rings. The minimum Gasteiger partial charge on any atom is -0.383 e. The van der Waals surface area contributed by atoms with E-state index in [-0.39, 0.29) is 42.0 Å². The molecule has 9 heteroatoms. The lowest BCUT2D eigenvalue weighted by Crippen LogP contribution is -2.37. The number of methoxy groups -OCH3 is 1. The van der Waals surface area contributed by atoms with Crippen molar-refractivity contribution in [3.63, 3.8) is 0 Å². The monoisotopic (exact) mass is 399 g/mol. The lowest BCUT2D eigenvalue weighted by atomic mass is 9.92. The maximum Gasteiger partial charge on any atom is 0.257 e. The summed E-state index contributed by atoms with van der Waals surface area (Å²) in [5.74, 6) is -0.745. The Morgan fingerprint density at radius 2 is 2.03 bits per heavy atom. The standard InChI is InChI=1S/C20H25N5O4/c1-3-12-4-6-14(7-5-12)22-16(26)11-13-10-15-17(23-18(13)27)24-20(25-19(15)28)21-8-9-29-2/h4-7,13H,3,8-11H2,1-2H3,(H,22,26)(H3,21,23,24,25,27,28). The molecule has 0 fully saturated rings. The third-order valence-electron chi connectivity index (χ3n) is 4.75. The molecule has 0 spiro atoms. The maximum atomic E-state index is 12.4. The molecule has 0 radical (unpaired) electrons. The number of aryl methyl sites for hydroxylation is 1. The molecule has 1 aromatic heterocycles. The van der Waals surface area contributed by atoms with Gasteiger partial charge in [-0.2, -0.15) is 4.98 Å². The van der Waals surface area contributed by atoms with Crippen LogP contribution < -0.4 is 21.5 Å². The van der Waals surface area contributed by atoms with Gasteiger partial charge in [0.25, 0.3) is 5.56 Å². The molecule has 0 saturated heterocycles. The Hall–Kier alpha value is -3.20. The number of nitrogens with zero attached hydrogens (tertiary/aromatic N) is 1. The van der Waals surface area contributed by atoms with Gasteiger partial charge < -0.3 is 20.7 Å². The van der Waals surface area contributed by atoms with Crippen molar-refractivity contribution in [2.24, 2.45) is 5.92 Å². The Kier molecular flexibility index (Phi) is 6.61. The number of H-pyrrole nitrogens is 1. The number of aromatic nitrogens is 2. The van der Waals surface area contributed by atoms with Crippen LogP contribution in [0.4, 0.5) is 17.5 Å². The van der Waals surface area contributed by atoms with E-state index in [1.807, 2.05) is 24.3 Å². The molecule has 1 unspecified atom stereocenters. The molecule has 2 amide bonds. The van der Waals surface area contributed by atoms with Crippen LogP contribution in [0.3, 0.4) is 0 Å². The van der Waals surface area contributed by atoms with E-state index in [1.165, 1.54) is 5.56 Å². The normalized spacial score (nSPS) is 15.4. The highest BCUT2D eigenvalue weighted by atomic mass is 16.5. The van der Waals surface area contributed by atoms with Crippen molar-refractivity contribution >= 4 is 29.3 Å². The number of benzene rings is 1. The fourth-order valence-electron chi connectivity index (χ4n) is 3.13. The van der Waals surface area contributed by atoms with Gasteiger partial charge >= 0.3 is 0 Å². The molecule has 0 aliphatic carbocycles. The molecule has 0 saturated carbocycles. The summed E-state index contributed by atoms with van der Waals surface area (Å²) in [6.07, 6.45) is 1.06. The Bertz CT molecular complexity index is 939. The van der Waals surface area contributed by atoms with Gasteiger partial charge in [-0.15, -0.1) is 0 Å². The van der Waals surface area contributed by atoms with Crippen molar-refractivity contribution in [3.8, 4) is 0 Å². The molecule has 4 N–H and O–H groups in total. The molecule has 154 valence electrons. The van der Waals surface area contributed by atoms with Gasteiger partial charge in [0, 0.05) is 25.8 Å². The summed E-state index contributed by atoms with van der Waals surface area (Å²) in [7, 11) is 1.57. The minimum atomic E-state index is -0.632. The van der Waals surface area contributed by atoms with Crippen molar-refractivity contribution in [2.75, 3.05) is 36.2 Å². The van der Waals surface area contributed by atoms with E-state index in [0.717, 1.165) is 6.42 Å². The quantitative estimate of drug-likeness (QED) is 0.499. The third kappa shape index (κ3) is 5.20. The smallest absolute Gasteiger partial charge is 0.257 e. The maximum absolute atomic E-state index is 12.4. The largest absolute Gasteiger partial charge is 0.383 e. The van der Waals surface area contributed by atoms with E-state index in [4.69, 9.17) is 4.74 Å². The number of aromatic amines is 1. The highest BCUT2D eigenvalue weighted by Gasteiger charge is 2.31. The zero-order chi connectivity index (χ0) is 20.8. The predicted molar refractivity (Wildman–Crippen MR) is 110 cm³/mol. The number of anilines is 3. The molecule has 1 aliphatic heterocycles. The van der Waals surface area contributed by atoms with Gasteiger partial charge in [0.1, 0.15) is 5.82 Å². The Morgan fingerprint density at radius 1 is 1.28 bits per heavy atom. The number of hydrogen-bond acceptors (Lipinski definition) is 6. The van der Waals surface area contributed by atoms with Crippen LogP contribution in [0.15, 0.2) is 29.1 Å². The van der Waals surface area contributed by atoms with Crippen LogP contribution in [0, 0.1) is 5.92 Å². The Labute approximate surface area is 168 Å². The summed E-state index contributed by atoms with van der Waals surface area (Å²) in [6.45, 7) is 2.97. The van der Waals surface area contributed by atoms with Gasteiger partial charge in [0.05, 0.1) is 18.1 Å². The Balaban J connectivity index is 1.65.